The summed E-state index contributed by atoms with van der Waals surface area (Å²) in [6.07, 6.45) is 0. The second kappa shape index (κ2) is 8.62. The summed E-state index contributed by atoms with van der Waals surface area (Å²) in [6, 6.07) is 11.2. The summed E-state index contributed by atoms with van der Waals surface area (Å²) in [6.45, 7) is 4.90. The van der Waals surface area contributed by atoms with Gasteiger partial charge in [-0.15, -0.1) is 5.56 Å². The Kier molecular flexibility index (Phi) is 7.79. The van der Waals surface area contributed by atoms with Crippen molar-refractivity contribution in [2.75, 3.05) is 26.3 Å². The van der Waals surface area contributed by atoms with Gasteiger partial charge in [-0.2, -0.15) is 30.3 Å². The number of morpholine rings is 1. The van der Waals surface area contributed by atoms with Crippen molar-refractivity contribution in [3.05, 3.63) is 35.9 Å². The summed E-state index contributed by atoms with van der Waals surface area (Å²) in [5.74, 6) is 0. The number of hydrogen-bond acceptors (Lipinski definition) is 2. The first-order valence-electron chi connectivity index (χ1n) is 4.97. The van der Waals surface area contributed by atoms with E-state index in [1.165, 1.54) is 20.4 Å². The Balaban J connectivity index is 0.000000531. The fraction of sp³-hybridized carbons (Fsp3) is 0.455. The zero-order chi connectivity index (χ0) is 10.9. The molecular weight excluding hydrogens is 354 g/mol. The number of ether oxygens (including phenoxy) is 1. The zero-order valence-corrected chi connectivity index (χ0v) is 13.9. The van der Waals surface area contributed by atoms with Crippen LogP contribution in [-0.4, -0.2) is 31.2 Å². The van der Waals surface area contributed by atoms with Gasteiger partial charge in [0.25, 0.3) is 0 Å². The fourth-order valence-corrected chi connectivity index (χ4v) is 1.54. The van der Waals surface area contributed by atoms with E-state index in [0.29, 0.717) is 0 Å². The van der Waals surface area contributed by atoms with Crippen LogP contribution in [0.1, 0.15) is 5.56 Å². The van der Waals surface area contributed by atoms with Crippen molar-refractivity contribution in [3.63, 3.8) is 0 Å². The topological polar surface area (TPSA) is 12.5 Å². The van der Waals surface area contributed by atoms with Crippen molar-refractivity contribution in [2.24, 2.45) is 0 Å². The molecule has 1 fully saturated rings. The van der Waals surface area contributed by atoms with E-state index in [9.17, 15) is 0 Å². The van der Waals surface area contributed by atoms with Crippen LogP contribution in [0.3, 0.4) is 0 Å². The SMILES string of the molecule is [Zn+][I].[c-]1ccc(CN2CCOCC2)cc1. The van der Waals surface area contributed by atoms with Crippen molar-refractivity contribution < 1.29 is 19.5 Å². The van der Waals surface area contributed by atoms with Crippen molar-refractivity contribution in [1.29, 1.82) is 0 Å². The van der Waals surface area contributed by atoms with Crippen LogP contribution in [0.25, 0.3) is 0 Å². The minimum Gasteiger partial charge on any atom is -0.379 e. The number of rotatable bonds is 2. The van der Waals surface area contributed by atoms with Crippen LogP contribution in [0, 0.1) is 6.07 Å². The maximum Gasteiger partial charge on any atom is 0.0594 e. The Hall–Kier alpha value is 0.493. The molecular formula is C11H14INOZn. The first-order valence-corrected chi connectivity index (χ1v) is 14.0. The molecule has 15 heavy (non-hydrogen) atoms. The molecule has 0 aromatic heterocycles. The molecule has 2 rings (SSSR count). The van der Waals surface area contributed by atoms with Crippen LogP contribution in [0.2, 0.25) is 0 Å². The van der Waals surface area contributed by atoms with Crippen molar-refractivity contribution in [1.82, 2.24) is 4.90 Å². The minimum absolute atomic E-state index is 0.874. The summed E-state index contributed by atoms with van der Waals surface area (Å²) in [4.78, 5) is 2.42. The van der Waals surface area contributed by atoms with E-state index in [2.05, 4.69) is 42.8 Å². The summed E-state index contributed by atoms with van der Waals surface area (Å²) >= 11 is 3.62. The predicted octanol–water partition coefficient (Wildman–Crippen LogP) is 2.20. The molecule has 1 aliphatic rings. The fourth-order valence-electron chi connectivity index (χ4n) is 1.54. The molecule has 1 aromatic carbocycles. The van der Waals surface area contributed by atoms with Crippen molar-refractivity contribution >= 4 is 19.8 Å². The van der Waals surface area contributed by atoms with Crippen molar-refractivity contribution in [3.8, 4) is 0 Å². The van der Waals surface area contributed by atoms with Gasteiger partial charge in [-0.25, -0.2) is 0 Å². The summed E-state index contributed by atoms with van der Waals surface area (Å²) in [5.41, 5.74) is 1.36. The van der Waals surface area contributed by atoms with E-state index in [1.54, 1.807) is 0 Å². The van der Waals surface area contributed by atoms with Gasteiger partial charge in [0.15, 0.2) is 0 Å². The molecule has 0 aliphatic carbocycles. The molecule has 0 amide bonds. The van der Waals surface area contributed by atoms with Gasteiger partial charge in [-0.05, 0) is 0 Å². The molecule has 1 heterocycles. The third-order valence-electron chi connectivity index (χ3n) is 2.30. The molecule has 4 heteroatoms. The standard InChI is InChI=1S/C11H14NO.HI.Zn/c1-2-4-11(5-3-1)10-12-6-8-13-9-7-12;;/h2-5H,6-10H2;1H;/q-1;;+2/p-1. The molecule has 0 radical (unpaired) electrons. The van der Waals surface area contributed by atoms with E-state index >= 15 is 0 Å². The van der Waals surface area contributed by atoms with E-state index < -0.39 is 0 Å². The zero-order valence-electron chi connectivity index (χ0n) is 8.79. The van der Waals surface area contributed by atoms with E-state index in [-0.39, 0.29) is 0 Å². The molecule has 0 atom stereocenters. The van der Waals surface area contributed by atoms with Crippen molar-refractivity contribution in [2.45, 2.75) is 6.54 Å². The molecule has 1 aromatic rings. The normalized spacial score (nSPS) is 16.7. The third kappa shape index (κ3) is 5.39. The van der Waals surface area contributed by atoms with Gasteiger partial charge in [0.1, 0.15) is 0 Å². The number of nitrogens with zero attached hydrogens (tertiary/aromatic N) is 1. The van der Waals surface area contributed by atoms with E-state index in [1.807, 2.05) is 12.1 Å². The smallest absolute Gasteiger partial charge is 0.0594 e. The summed E-state index contributed by atoms with van der Waals surface area (Å²) < 4.78 is 5.29. The molecule has 2 nitrogen and oxygen atoms in total. The van der Waals surface area contributed by atoms with Gasteiger partial charge in [0.05, 0.1) is 13.2 Å². The molecule has 0 N–H and O–H groups in total. The van der Waals surface area contributed by atoms with Crippen LogP contribution < -0.4 is 0 Å². The Morgan fingerprint density at radius 2 is 1.87 bits per heavy atom. The molecule has 0 spiro atoms. The van der Waals surface area contributed by atoms with Crippen LogP contribution in [0.5, 0.6) is 0 Å². The van der Waals surface area contributed by atoms with Gasteiger partial charge in [-0.1, -0.05) is 0 Å². The second-order valence-electron chi connectivity index (χ2n) is 3.30. The Labute approximate surface area is 112 Å². The van der Waals surface area contributed by atoms with Gasteiger partial charge < -0.3 is 4.74 Å². The molecule has 1 aliphatic heterocycles. The maximum absolute atomic E-state index is 5.29. The first kappa shape index (κ1) is 13.6. The van der Waals surface area contributed by atoms with E-state index in [4.69, 9.17) is 4.74 Å². The van der Waals surface area contributed by atoms with E-state index in [0.717, 1.165) is 32.8 Å². The summed E-state index contributed by atoms with van der Waals surface area (Å²) in [5, 5.41) is 0. The Morgan fingerprint density at radius 1 is 1.27 bits per heavy atom. The monoisotopic (exact) mass is 367 g/mol. The molecule has 78 valence electrons. The Bertz CT molecular complexity index is 252. The third-order valence-corrected chi connectivity index (χ3v) is 2.30. The average molecular weight is 369 g/mol. The largest absolute Gasteiger partial charge is 0.379 e. The maximum atomic E-state index is 5.29. The van der Waals surface area contributed by atoms with Gasteiger partial charge in [-0.3, -0.25) is 4.90 Å². The number of halogens is 1. The minimum atomic E-state index is 0.874. The van der Waals surface area contributed by atoms with Crippen LogP contribution in [0.15, 0.2) is 24.3 Å². The van der Waals surface area contributed by atoms with Gasteiger partial charge in [0, 0.05) is 19.6 Å². The second-order valence-corrected chi connectivity index (χ2v) is 3.30. The molecule has 0 bridgehead atoms. The van der Waals surface area contributed by atoms with Gasteiger partial charge >= 0.3 is 34.5 Å². The van der Waals surface area contributed by atoms with Crippen LogP contribution >= 0.6 is 19.8 Å². The average Bonchev–Trinajstić information content (AvgIpc) is 2.34. The number of benzene rings is 1. The van der Waals surface area contributed by atoms with Crippen LogP contribution in [0.4, 0.5) is 0 Å². The molecule has 1 saturated heterocycles. The molecule has 0 saturated carbocycles. The summed E-state index contributed by atoms with van der Waals surface area (Å²) in [7, 11) is 0. The number of hydrogen-bond donors (Lipinski definition) is 0. The quantitative estimate of drug-likeness (QED) is 0.451. The van der Waals surface area contributed by atoms with Gasteiger partial charge in [0.2, 0.25) is 0 Å². The first-order chi connectivity index (χ1) is 7.45. The van der Waals surface area contributed by atoms with Crippen LogP contribution in [-0.2, 0) is 26.1 Å². The Morgan fingerprint density at radius 3 is 2.47 bits per heavy atom. The molecule has 0 unspecified atom stereocenters. The predicted molar refractivity (Wildman–Crippen MR) is 65.4 cm³/mol.